The average molecular weight is 533 g/mol. The van der Waals surface area contributed by atoms with Crippen LogP contribution in [0.25, 0.3) is 0 Å². The maximum absolute atomic E-state index is 13.9. The number of nitrogens with zero attached hydrogens (tertiary/aromatic N) is 1. The number of hydrogen-bond acceptors (Lipinski definition) is 6. The van der Waals surface area contributed by atoms with Gasteiger partial charge in [-0.2, -0.15) is 0 Å². The Balaban J connectivity index is 1.81. The molecule has 0 bridgehead atoms. The molecule has 2 N–H and O–H groups in total. The molecule has 204 valence electrons. The van der Waals surface area contributed by atoms with Crippen molar-refractivity contribution in [3.8, 4) is 11.8 Å². The Labute approximate surface area is 224 Å². The zero-order valence-electron chi connectivity index (χ0n) is 22.6. The van der Waals surface area contributed by atoms with Crippen LogP contribution < -0.4 is 10.2 Å². The summed E-state index contributed by atoms with van der Waals surface area (Å²) in [6.07, 6.45) is 3.93. The first-order valence-corrected chi connectivity index (χ1v) is 14.0. The van der Waals surface area contributed by atoms with Crippen molar-refractivity contribution in [2.24, 2.45) is 17.3 Å². The zero-order valence-corrected chi connectivity index (χ0v) is 23.4. The molecule has 2 fully saturated rings. The fourth-order valence-corrected chi connectivity index (χ4v) is 5.45. The first-order chi connectivity index (χ1) is 17.4. The normalized spacial score (nSPS) is 22.5. The number of nitrogens with one attached hydrogen (secondary N) is 1. The second-order valence-corrected chi connectivity index (χ2v) is 12.3. The Morgan fingerprint density at radius 2 is 1.95 bits per heavy atom. The number of carbonyl (C=O) groups excluding carboxylic acids is 2. The molecule has 1 aliphatic carbocycles. The van der Waals surface area contributed by atoms with Gasteiger partial charge >= 0.3 is 12.1 Å². The van der Waals surface area contributed by atoms with Gasteiger partial charge in [0.25, 0.3) is 0 Å². The van der Waals surface area contributed by atoms with Crippen molar-refractivity contribution in [3.63, 3.8) is 0 Å². The molecule has 1 aliphatic heterocycles. The van der Waals surface area contributed by atoms with Crippen LogP contribution in [-0.2, 0) is 14.3 Å². The number of amides is 2. The quantitative estimate of drug-likeness (QED) is 0.441. The molecule has 2 aliphatic rings. The molecule has 0 spiro atoms. The Morgan fingerprint density at radius 3 is 2.54 bits per heavy atom. The highest BCUT2D eigenvalue weighted by Crippen LogP contribution is 2.36. The molecule has 1 saturated carbocycles. The highest BCUT2D eigenvalue weighted by molar-refractivity contribution is 7.15. The largest absolute Gasteiger partial charge is 0.477 e. The molecule has 1 saturated heterocycles. The minimum atomic E-state index is -1.08. The third-order valence-electron chi connectivity index (χ3n) is 6.76. The molecular formula is C28H40N2O6S. The fourth-order valence-electron chi connectivity index (χ4n) is 4.61. The van der Waals surface area contributed by atoms with Gasteiger partial charge < -0.3 is 24.8 Å². The van der Waals surface area contributed by atoms with Gasteiger partial charge in [0.15, 0.2) is 0 Å². The van der Waals surface area contributed by atoms with Gasteiger partial charge in [-0.15, -0.1) is 11.3 Å². The summed E-state index contributed by atoms with van der Waals surface area (Å²) in [4.78, 5) is 40.6. The van der Waals surface area contributed by atoms with E-state index < -0.39 is 12.1 Å². The number of thiophene rings is 1. The van der Waals surface area contributed by atoms with Gasteiger partial charge in [0.2, 0.25) is 5.91 Å². The van der Waals surface area contributed by atoms with Crippen LogP contribution in [0.1, 0.15) is 87.7 Å². The molecule has 8 nitrogen and oxygen atoms in total. The fraction of sp³-hybridized carbons (Fsp3) is 0.679. The number of anilines is 1. The maximum Gasteiger partial charge on any atom is 0.407 e. The van der Waals surface area contributed by atoms with E-state index in [9.17, 15) is 19.5 Å². The molecule has 2 heterocycles. The zero-order chi connectivity index (χ0) is 27.2. The monoisotopic (exact) mass is 532 g/mol. The van der Waals surface area contributed by atoms with E-state index in [-0.39, 0.29) is 34.3 Å². The van der Waals surface area contributed by atoms with Crippen LogP contribution >= 0.6 is 11.3 Å². The topological polar surface area (TPSA) is 105 Å². The predicted octanol–water partition coefficient (Wildman–Crippen LogP) is 5.30. The molecule has 1 aromatic heterocycles. The molecule has 2 amide bonds. The van der Waals surface area contributed by atoms with Gasteiger partial charge in [-0.3, -0.25) is 4.79 Å². The third kappa shape index (κ3) is 8.47. The van der Waals surface area contributed by atoms with Gasteiger partial charge in [-0.25, -0.2) is 9.59 Å². The lowest BCUT2D eigenvalue weighted by molar-refractivity contribution is -0.124. The van der Waals surface area contributed by atoms with Gasteiger partial charge in [0, 0.05) is 30.3 Å². The number of carbonyl (C=O) groups is 3. The van der Waals surface area contributed by atoms with Crippen molar-refractivity contribution in [1.29, 1.82) is 0 Å². The highest BCUT2D eigenvalue weighted by Gasteiger charge is 2.34. The molecule has 37 heavy (non-hydrogen) atoms. The lowest BCUT2D eigenvalue weighted by atomic mass is 9.82. The van der Waals surface area contributed by atoms with E-state index in [2.05, 4.69) is 24.1 Å². The van der Waals surface area contributed by atoms with Crippen molar-refractivity contribution < 1.29 is 29.0 Å². The van der Waals surface area contributed by atoms with Crippen molar-refractivity contribution in [2.75, 3.05) is 24.7 Å². The van der Waals surface area contributed by atoms with Crippen LogP contribution in [0.2, 0.25) is 0 Å². The summed E-state index contributed by atoms with van der Waals surface area (Å²) < 4.78 is 10.6. The van der Waals surface area contributed by atoms with Crippen molar-refractivity contribution in [3.05, 3.63) is 15.8 Å². The van der Waals surface area contributed by atoms with Crippen LogP contribution in [0.15, 0.2) is 6.07 Å². The summed E-state index contributed by atoms with van der Waals surface area (Å²) in [6.45, 7) is 11.4. The van der Waals surface area contributed by atoms with E-state index >= 15 is 0 Å². The lowest BCUT2D eigenvalue weighted by Crippen LogP contribution is -2.45. The standard InChI is InChI=1S/C28H40N2O6S/c1-18-6-8-20(9-7-18)25(31)30(19(2)11-14-29-27(34)36-21-12-15-35-17-21)23-16-22(10-13-28(3,4)5)37-24(23)26(32)33/h16,18-21H,6-9,11-12,14-15,17H2,1-5H3,(H,29,34)(H,32,33)/t18?,19-,20?,21-/m0/s1. The van der Waals surface area contributed by atoms with Gasteiger partial charge in [-0.05, 0) is 71.8 Å². The molecule has 2 atom stereocenters. The van der Waals surface area contributed by atoms with Crippen LogP contribution in [0.5, 0.6) is 0 Å². The Hall–Kier alpha value is -2.57. The van der Waals surface area contributed by atoms with E-state index in [0.717, 1.165) is 37.0 Å². The molecular weight excluding hydrogens is 492 g/mol. The number of carboxylic acid groups (broad SMARTS) is 1. The summed E-state index contributed by atoms with van der Waals surface area (Å²) in [7, 11) is 0. The van der Waals surface area contributed by atoms with Crippen molar-refractivity contribution >= 4 is 35.0 Å². The molecule has 0 unspecified atom stereocenters. The Kier molecular flexibility index (Phi) is 10.0. The molecule has 0 radical (unpaired) electrons. The van der Waals surface area contributed by atoms with Gasteiger partial charge in [0.05, 0.1) is 23.8 Å². The SMILES string of the molecule is CC1CCC(C(=O)N(c2cc(C#CC(C)(C)C)sc2C(=O)O)[C@@H](C)CCNC(=O)O[C@H]2CCOC2)CC1. The summed E-state index contributed by atoms with van der Waals surface area (Å²) >= 11 is 1.10. The first kappa shape index (κ1) is 29.0. The minimum absolute atomic E-state index is 0.0549. The third-order valence-corrected chi connectivity index (χ3v) is 7.79. The second-order valence-electron chi connectivity index (χ2n) is 11.3. The average Bonchev–Trinajstić information content (AvgIpc) is 3.48. The van der Waals surface area contributed by atoms with Crippen LogP contribution in [0, 0.1) is 29.1 Å². The molecule has 9 heteroatoms. The van der Waals surface area contributed by atoms with Crippen LogP contribution in [0.4, 0.5) is 10.5 Å². The minimum Gasteiger partial charge on any atom is -0.477 e. The number of carboxylic acids is 1. The van der Waals surface area contributed by atoms with Crippen LogP contribution in [-0.4, -0.2) is 55.0 Å². The number of alkyl carbamates (subject to hydrolysis) is 1. The second kappa shape index (κ2) is 12.8. The Bertz CT molecular complexity index is 1020. The summed E-state index contributed by atoms with van der Waals surface area (Å²) in [5.74, 6) is 5.56. The molecule has 3 rings (SSSR count). The van der Waals surface area contributed by atoms with E-state index in [1.165, 1.54) is 0 Å². The smallest absolute Gasteiger partial charge is 0.407 e. The molecule has 1 aromatic rings. The molecule has 0 aromatic carbocycles. The van der Waals surface area contributed by atoms with Crippen molar-refractivity contribution in [2.45, 2.75) is 85.3 Å². The van der Waals surface area contributed by atoms with E-state index in [1.54, 1.807) is 11.0 Å². The predicted molar refractivity (Wildman–Crippen MR) is 144 cm³/mol. The maximum atomic E-state index is 13.9. The van der Waals surface area contributed by atoms with Gasteiger partial charge in [0.1, 0.15) is 11.0 Å². The lowest BCUT2D eigenvalue weighted by Gasteiger charge is -2.35. The van der Waals surface area contributed by atoms with E-state index in [4.69, 9.17) is 9.47 Å². The summed E-state index contributed by atoms with van der Waals surface area (Å²) in [6, 6.07) is 1.40. The number of aromatic carboxylic acids is 1. The number of hydrogen-bond donors (Lipinski definition) is 2. The first-order valence-electron chi connectivity index (χ1n) is 13.2. The van der Waals surface area contributed by atoms with Gasteiger partial charge in [-0.1, -0.05) is 18.8 Å². The number of rotatable bonds is 8. The summed E-state index contributed by atoms with van der Waals surface area (Å²) in [5, 5.41) is 12.7. The number of ether oxygens (including phenoxy) is 2. The Morgan fingerprint density at radius 1 is 1.24 bits per heavy atom. The van der Waals surface area contributed by atoms with E-state index in [1.807, 2.05) is 27.7 Å². The summed E-state index contributed by atoms with van der Waals surface area (Å²) in [5.41, 5.74) is 0.151. The van der Waals surface area contributed by atoms with Crippen LogP contribution in [0.3, 0.4) is 0 Å². The van der Waals surface area contributed by atoms with E-state index in [0.29, 0.717) is 49.1 Å². The highest BCUT2D eigenvalue weighted by atomic mass is 32.1. The van der Waals surface area contributed by atoms with Crippen molar-refractivity contribution in [1.82, 2.24) is 5.32 Å².